The monoisotopic (exact) mass is 475 g/mol. The third-order valence-electron chi connectivity index (χ3n) is 6.68. The van der Waals surface area contributed by atoms with E-state index in [9.17, 15) is 14.0 Å². The number of carbonyl (C=O) groups excluding carboxylic acids is 1. The molecule has 1 saturated heterocycles. The summed E-state index contributed by atoms with van der Waals surface area (Å²) >= 11 is 1.27. The fraction of sp³-hybridized carbons (Fsp3) is 0.296. The number of nitrogens with zero attached hydrogens (tertiary/aromatic N) is 3. The topological polar surface area (TPSA) is 55.2 Å². The van der Waals surface area contributed by atoms with Crippen molar-refractivity contribution in [3.63, 3.8) is 0 Å². The highest BCUT2D eigenvalue weighted by Gasteiger charge is 2.27. The van der Waals surface area contributed by atoms with Gasteiger partial charge in [0.05, 0.1) is 23.1 Å². The molecule has 1 fully saturated rings. The van der Waals surface area contributed by atoms with Gasteiger partial charge in [0.2, 0.25) is 0 Å². The molecule has 7 heteroatoms. The Morgan fingerprint density at radius 1 is 1.09 bits per heavy atom. The lowest BCUT2D eigenvalue weighted by Crippen LogP contribution is -2.38. The minimum absolute atomic E-state index is 0.0290. The number of hydrogen-bond donors (Lipinski definition) is 0. The van der Waals surface area contributed by atoms with Crippen molar-refractivity contribution in [1.82, 2.24) is 14.5 Å². The summed E-state index contributed by atoms with van der Waals surface area (Å²) in [6.07, 6.45) is 4.42. The molecule has 2 aromatic carbocycles. The van der Waals surface area contributed by atoms with Crippen molar-refractivity contribution in [2.45, 2.75) is 32.7 Å². The number of amides is 1. The van der Waals surface area contributed by atoms with Crippen LogP contribution in [-0.2, 0) is 13.0 Å². The van der Waals surface area contributed by atoms with E-state index in [0.717, 1.165) is 32.4 Å². The average molecular weight is 476 g/mol. The molecular weight excluding hydrogens is 449 g/mol. The van der Waals surface area contributed by atoms with Crippen LogP contribution in [0.25, 0.3) is 10.2 Å². The van der Waals surface area contributed by atoms with Crippen molar-refractivity contribution in [1.29, 1.82) is 0 Å². The van der Waals surface area contributed by atoms with Crippen molar-refractivity contribution < 1.29 is 9.18 Å². The van der Waals surface area contributed by atoms with Crippen molar-refractivity contribution in [2.24, 2.45) is 5.92 Å². The van der Waals surface area contributed by atoms with Crippen molar-refractivity contribution in [3.05, 3.63) is 98.7 Å². The molecule has 0 unspecified atom stereocenters. The average Bonchev–Trinajstić information content (AvgIpc) is 3.20. The number of aryl methyl sites for hydroxylation is 1. The summed E-state index contributed by atoms with van der Waals surface area (Å²) in [4.78, 5) is 34.0. The molecule has 0 radical (unpaired) electrons. The number of likely N-dealkylation sites (tertiary alicyclic amines) is 1. The van der Waals surface area contributed by atoms with Crippen molar-refractivity contribution in [2.75, 3.05) is 13.1 Å². The third kappa shape index (κ3) is 4.40. The highest BCUT2D eigenvalue weighted by Crippen LogP contribution is 2.30. The summed E-state index contributed by atoms with van der Waals surface area (Å²) in [5, 5.41) is 0.450. The van der Waals surface area contributed by atoms with E-state index in [1.54, 1.807) is 18.2 Å². The van der Waals surface area contributed by atoms with Crippen LogP contribution in [0.1, 0.15) is 39.2 Å². The lowest BCUT2D eigenvalue weighted by Gasteiger charge is -2.32. The summed E-state index contributed by atoms with van der Waals surface area (Å²) in [6.45, 7) is 3.34. The zero-order chi connectivity index (χ0) is 23.7. The van der Waals surface area contributed by atoms with Gasteiger partial charge in [0, 0.05) is 18.7 Å². The summed E-state index contributed by atoms with van der Waals surface area (Å²) in [6, 6.07) is 16.9. The van der Waals surface area contributed by atoms with Gasteiger partial charge < -0.3 is 4.90 Å². The Bertz CT molecular complexity index is 1390. The molecule has 0 saturated carbocycles. The number of fused-ring (bicyclic) bond motifs is 1. The van der Waals surface area contributed by atoms with Crippen molar-refractivity contribution >= 4 is 27.5 Å². The summed E-state index contributed by atoms with van der Waals surface area (Å²) in [5.41, 5.74) is 2.18. The molecule has 0 aliphatic carbocycles. The van der Waals surface area contributed by atoms with Gasteiger partial charge in [-0.2, -0.15) is 0 Å². The van der Waals surface area contributed by atoms with Gasteiger partial charge in [-0.1, -0.05) is 48.5 Å². The quantitative estimate of drug-likeness (QED) is 0.406. The first kappa shape index (κ1) is 22.5. The van der Waals surface area contributed by atoms with E-state index in [2.05, 4.69) is 29.2 Å². The molecule has 3 heterocycles. The standard InChI is InChI=1S/C27H26FN3O2S/c1-18-23-25(29-17-31(26(23)32)16-21-9-5-6-10-22(21)28)34-24(18)27(33)30-13-11-20(12-14-30)15-19-7-3-2-4-8-19/h2-10,17,20H,11-16H2,1H3. The maximum Gasteiger partial charge on any atom is 0.264 e. The van der Waals surface area contributed by atoms with E-state index < -0.39 is 0 Å². The first-order valence-corrected chi connectivity index (χ1v) is 12.4. The normalized spacial score (nSPS) is 14.6. The Balaban J connectivity index is 1.33. The molecule has 34 heavy (non-hydrogen) atoms. The highest BCUT2D eigenvalue weighted by molar-refractivity contribution is 7.20. The second kappa shape index (κ2) is 9.50. The number of aromatic nitrogens is 2. The predicted octanol–water partition coefficient (Wildman–Crippen LogP) is 5.05. The van der Waals surface area contributed by atoms with Crippen LogP contribution in [0.2, 0.25) is 0 Å². The molecule has 0 N–H and O–H groups in total. The van der Waals surface area contributed by atoms with Gasteiger partial charge in [-0.25, -0.2) is 9.37 Å². The van der Waals surface area contributed by atoms with Gasteiger partial charge in [-0.05, 0) is 49.3 Å². The fourth-order valence-electron chi connectivity index (χ4n) is 4.72. The first-order chi connectivity index (χ1) is 16.5. The molecule has 2 aromatic heterocycles. The van der Waals surface area contributed by atoms with E-state index in [0.29, 0.717) is 32.1 Å². The van der Waals surface area contributed by atoms with Gasteiger partial charge in [-0.3, -0.25) is 14.2 Å². The van der Waals surface area contributed by atoms with E-state index >= 15 is 0 Å². The van der Waals surface area contributed by atoms with Gasteiger partial charge in [0.15, 0.2) is 0 Å². The predicted molar refractivity (Wildman–Crippen MR) is 133 cm³/mol. The SMILES string of the molecule is Cc1c(C(=O)N2CCC(Cc3ccccc3)CC2)sc2ncn(Cc3ccccc3F)c(=O)c12. The summed E-state index contributed by atoms with van der Waals surface area (Å²) in [7, 11) is 0. The van der Waals surface area contributed by atoms with Crippen molar-refractivity contribution in [3.8, 4) is 0 Å². The molecule has 0 atom stereocenters. The van der Waals surface area contributed by atoms with E-state index in [-0.39, 0.29) is 23.8 Å². The van der Waals surface area contributed by atoms with Crippen LogP contribution in [0.3, 0.4) is 0 Å². The molecule has 1 amide bonds. The Hall–Kier alpha value is -3.32. The van der Waals surface area contributed by atoms with Gasteiger partial charge in [0.25, 0.3) is 11.5 Å². The second-order valence-electron chi connectivity index (χ2n) is 8.93. The number of thiophene rings is 1. The Kier molecular flexibility index (Phi) is 6.28. The minimum Gasteiger partial charge on any atom is -0.338 e. The van der Waals surface area contributed by atoms with E-state index in [4.69, 9.17) is 0 Å². The van der Waals surface area contributed by atoms with Gasteiger partial charge in [-0.15, -0.1) is 11.3 Å². The largest absolute Gasteiger partial charge is 0.338 e. The van der Waals surface area contributed by atoms with Crippen LogP contribution >= 0.6 is 11.3 Å². The summed E-state index contributed by atoms with van der Waals surface area (Å²) in [5.74, 6) is 0.184. The third-order valence-corrected chi connectivity index (χ3v) is 7.87. The van der Waals surface area contributed by atoms with Gasteiger partial charge in [0.1, 0.15) is 10.6 Å². The fourth-order valence-corrected chi connectivity index (χ4v) is 5.82. The first-order valence-electron chi connectivity index (χ1n) is 11.6. The van der Waals surface area contributed by atoms with Crippen LogP contribution in [-0.4, -0.2) is 33.4 Å². The number of piperidine rings is 1. The Morgan fingerprint density at radius 3 is 2.53 bits per heavy atom. The molecule has 5 nitrogen and oxygen atoms in total. The molecule has 174 valence electrons. The number of benzene rings is 2. The molecule has 1 aliphatic rings. The maximum atomic E-state index is 14.1. The molecule has 4 aromatic rings. The smallest absolute Gasteiger partial charge is 0.264 e. The highest BCUT2D eigenvalue weighted by atomic mass is 32.1. The van der Waals surface area contributed by atoms with Crippen LogP contribution in [0.5, 0.6) is 0 Å². The minimum atomic E-state index is -0.358. The molecular formula is C27H26FN3O2S. The maximum absolute atomic E-state index is 14.1. The zero-order valence-corrected chi connectivity index (χ0v) is 19.9. The number of halogens is 1. The number of hydrogen-bond acceptors (Lipinski definition) is 4. The molecule has 1 aliphatic heterocycles. The Morgan fingerprint density at radius 2 is 1.79 bits per heavy atom. The van der Waals surface area contributed by atoms with Crippen LogP contribution in [0.4, 0.5) is 4.39 Å². The number of rotatable bonds is 5. The second-order valence-corrected chi connectivity index (χ2v) is 9.93. The van der Waals surface area contributed by atoms with Crippen LogP contribution in [0, 0.1) is 18.7 Å². The van der Waals surface area contributed by atoms with Gasteiger partial charge >= 0.3 is 0 Å². The lowest BCUT2D eigenvalue weighted by atomic mass is 9.90. The lowest BCUT2D eigenvalue weighted by molar-refractivity contribution is 0.0695. The van der Waals surface area contributed by atoms with Crippen LogP contribution in [0.15, 0.2) is 65.7 Å². The van der Waals surface area contributed by atoms with Crippen LogP contribution < -0.4 is 5.56 Å². The van der Waals surface area contributed by atoms with E-state index in [1.807, 2.05) is 17.9 Å². The Labute approximate surface area is 201 Å². The molecule has 0 spiro atoms. The molecule has 0 bridgehead atoms. The van der Waals surface area contributed by atoms with E-state index in [1.165, 1.54) is 33.9 Å². The summed E-state index contributed by atoms with van der Waals surface area (Å²) < 4.78 is 15.5. The molecule has 5 rings (SSSR count). The number of carbonyl (C=O) groups is 1. The zero-order valence-electron chi connectivity index (χ0n) is 19.0.